The summed E-state index contributed by atoms with van der Waals surface area (Å²) in [5.74, 6) is 0.627. The standard InChI is InChI=1S/C21H19ClN6OS2/c1-3-17-25-26-21-28(17)27-19(31-21)14-7-4-12(2)16(11-14)23-20(30)24-18(29)10-13-5-8-15(22)9-6-13/h4-9,11H,3,10H2,1-2H3,(H2,23,24,29,30). The molecular weight excluding hydrogens is 452 g/mol. The van der Waals surface area contributed by atoms with E-state index in [1.54, 1.807) is 16.6 Å². The second kappa shape index (κ2) is 9.09. The first kappa shape index (κ1) is 21.4. The van der Waals surface area contributed by atoms with Crippen molar-refractivity contribution >= 4 is 56.8 Å². The van der Waals surface area contributed by atoms with Crippen LogP contribution in [-0.4, -0.2) is 30.8 Å². The highest BCUT2D eigenvalue weighted by Gasteiger charge is 2.14. The summed E-state index contributed by atoms with van der Waals surface area (Å²) in [5, 5.41) is 20.5. The summed E-state index contributed by atoms with van der Waals surface area (Å²) in [6.45, 7) is 3.99. The van der Waals surface area contributed by atoms with E-state index >= 15 is 0 Å². The van der Waals surface area contributed by atoms with Crippen LogP contribution in [-0.2, 0) is 17.6 Å². The lowest BCUT2D eigenvalue weighted by Crippen LogP contribution is -2.35. The highest BCUT2D eigenvalue weighted by Crippen LogP contribution is 2.29. The summed E-state index contributed by atoms with van der Waals surface area (Å²) >= 11 is 12.7. The molecule has 2 N–H and O–H groups in total. The molecule has 0 fully saturated rings. The lowest BCUT2D eigenvalue weighted by atomic mass is 10.1. The van der Waals surface area contributed by atoms with Crippen molar-refractivity contribution in [2.24, 2.45) is 0 Å². The van der Waals surface area contributed by atoms with Crippen LogP contribution >= 0.6 is 35.2 Å². The highest BCUT2D eigenvalue weighted by molar-refractivity contribution is 7.80. The Kier molecular flexibility index (Phi) is 6.26. The summed E-state index contributed by atoms with van der Waals surface area (Å²) in [6, 6.07) is 13.1. The van der Waals surface area contributed by atoms with Crippen LogP contribution in [0.15, 0.2) is 42.5 Å². The van der Waals surface area contributed by atoms with Crippen LogP contribution in [0, 0.1) is 6.92 Å². The summed E-state index contributed by atoms with van der Waals surface area (Å²) < 4.78 is 1.77. The number of hydrogen-bond donors (Lipinski definition) is 2. The number of thiocarbonyl (C=S) groups is 1. The zero-order valence-corrected chi connectivity index (χ0v) is 19.2. The van der Waals surface area contributed by atoms with Crippen molar-refractivity contribution in [1.29, 1.82) is 0 Å². The van der Waals surface area contributed by atoms with Gasteiger partial charge in [0, 0.05) is 22.7 Å². The van der Waals surface area contributed by atoms with Gasteiger partial charge in [0.2, 0.25) is 10.9 Å². The molecular formula is C21H19ClN6OS2. The third-order valence-electron chi connectivity index (χ3n) is 4.64. The van der Waals surface area contributed by atoms with Gasteiger partial charge in [0.15, 0.2) is 10.9 Å². The smallest absolute Gasteiger partial charge is 0.234 e. The van der Waals surface area contributed by atoms with E-state index in [4.69, 9.17) is 23.8 Å². The predicted octanol–water partition coefficient (Wildman–Crippen LogP) is 4.43. The van der Waals surface area contributed by atoms with Crippen LogP contribution in [0.4, 0.5) is 5.69 Å². The van der Waals surface area contributed by atoms with Gasteiger partial charge in [-0.1, -0.05) is 54.1 Å². The topological polar surface area (TPSA) is 84.2 Å². The van der Waals surface area contributed by atoms with Crippen molar-refractivity contribution in [3.63, 3.8) is 0 Å². The molecule has 4 aromatic rings. The van der Waals surface area contributed by atoms with Gasteiger partial charge in [-0.25, -0.2) is 0 Å². The summed E-state index contributed by atoms with van der Waals surface area (Å²) in [6.07, 6.45) is 0.972. The number of benzene rings is 2. The molecule has 2 heterocycles. The van der Waals surface area contributed by atoms with E-state index in [0.29, 0.717) is 5.02 Å². The monoisotopic (exact) mass is 470 g/mol. The van der Waals surface area contributed by atoms with Gasteiger partial charge in [-0.2, -0.15) is 9.61 Å². The third kappa shape index (κ3) is 4.90. The molecule has 0 aliphatic rings. The minimum atomic E-state index is -0.200. The Morgan fingerprint density at radius 1 is 1.19 bits per heavy atom. The van der Waals surface area contributed by atoms with Crippen LogP contribution in [0.5, 0.6) is 0 Å². The van der Waals surface area contributed by atoms with E-state index in [1.807, 2.05) is 44.2 Å². The first-order valence-corrected chi connectivity index (χ1v) is 11.2. The average molecular weight is 471 g/mol. The van der Waals surface area contributed by atoms with Crippen molar-refractivity contribution < 1.29 is 4.79 Å². The quantitative estimate of drug-likeness (QED) is 0.420. The molecule has 0 aliphatic heterocycles. The van der Waals surface area contributed by atoms with Crippen LogP contribution < -0.4 is 10.6 Å². The van der Waals surface area contributed by atoms with Crippen molar-refractivity contribution in [2.75, 3.05) is 5.32 Å². The Labute approximate surface area is 193 Å². The van der Waals surface area contributed by atoms with Crippen molar-refractivity contribution in [3.8, 4) is 10.6 Å². The molecule has 2 aromatic heterocycles. The van der Waals surface area contributed by atoms with Gasteiger partial charge < -0.3 is 10.6 Å². The van der Waals surface area contributed by atoms with E-state index in [1.165, 1.54) is 11.3 Å². The van der Waals surface area contributed by atoms with E-state index in [-0.39, 0.29) is 17.4 Å². The zero-order chi connectivity index (χ0) is 22.0. The van der Waals surface area contributed by atoms with Crippen molar-refractivity contribution in [3.05, 3.63) is 64.4 Å². The number of carbonyl (C=O) groups is 1. The maximum atomic E-state index is 12.3. The second-order valence-corrected chi connectivity index (χ2v) is 8.71. The molecule has 2 aromatic carbocycles. The number of anilines is 1. The molecule has 10 heteroatoms. The number of aromatic nitrogens is 4. The van der Waals surface area contributed by atoms with E-state index in [0.717, 1.165) is 44.6 Å². The number of hydrogen-bond acceptors (Lipinski definition) is 6. The first-order valence-electron chi connectivity index (χ1n) is 9.60. The number of amides is 1. The number of nitrogens with zero attached hydrogens (tertiary/aromatic N) is 4. The molecule has 0 saturated heterocycles. The molecule has 31 heavy (non-hydrogen) atoms. The average Bonchev–Trinajstić information content (AvgIpc) is 3.32. The number of carbonyl (C=O) groups excluding carboxylic acids is 1. The summed E-state index contributed by atoms with van der Waals surface area (Å²) in [4.78, 5) is 13.1. The van der Waals surface area contributed by atoms with Crippen LogP contribution in [0.1, 0.15) is 23.9 Å². The van der Waals surface area contributed by atoms with Gasteiger partial charge in [0.1, 0.15) is 5.01 Å². The molecule has 0 spiro atoms. The molecule has 7 nitrogen and oxygen atoms in total. The maximum absolute atomic E-state index is 12.3. The molecule has 0 radical (unpaired) electrons. The zero-order valence-electron chi connectivity index (χ0n) is 16.8. The van der Waals surface area contributed by atoms with E-state index in [9.17, 15) is 4.79 Å². The predicted molar refractivity (Wildman–Crippen MR) is 128 cm³/mol. The second-order valence-electron chi connectivity index (χ2n) is 6.91. The fourth-order valence-corrected chi connectivity index (χ4v) is 4.20. The fourth-order valence-electron chi connectivity index (χ4n) is 3.00. The normalized spacial score (nSPS) is 10.9. The lowest BCUT2D eigenvalue weighted by Gasteiger charge is -2.13. The molecule has 158 valence electrons. The molecule has 0 bridgehead atoms. The Morgan fingerprint density at radius 2 is 1.97 bits per heavy atom. The minimum absolute atomic E-state index is 0.200. The van der Waals surface area contributed by atoms with Crippen LogP contribution in [0.25, 0.3) is 15.5 Å². The van der Waals surface area contributed by atoms with Gasteiger partial charge >= 0.3 is 0 Å². The lowest BCUT2D eigenvalue weighted by molar-refractivity contribution is -0.119. The number of aryl methyl sites for hydroxylation is 2. The molecule has 0 aliphatic carbocycles. The molecule has 4 rings (SSSR count). The Morgan fingerprint density at radius 3 is 2.71 bits per heavy atom. The Hall–Kier alpha value is -2.88. The molecule has 0 unspecified atom stereocenters. The minimum Gasteiger partial charge on any atom is -0.332 e. The first-order chi connectivity index (χ1) is 14.9. The number of fused-ring (bicyclic) bond motifs is 1. The van der Waals surface area contributed by atoms with Gasteiger partial charge in [-0.15, -0.1) is 10.2 Å². The van der Waals surface area contributed by atoms with Gasteiger partial charge in [0.25, 0.3) is 0 Å². The molecule has 0 saturated carbocycles. The van der Waals surface area contributed by atoms with Crippen LogP contribution in [0.2, 0.25) is 5.02 Å². The van der Waals surface area contributed by atoms with Gasteiger partial charge in [0.05, 0.1) is 6.42 Å². The van der Waals surface area contributed by atoms with Gasteiger partial charge in [-0.05, 0) is 48.5 Å². The van der Waals surface area contributed by atoms with Gasteiger partial charge in [-0.3, -0.25) is 4.79 Å². The van der Waals surface area contributed by atoms with E-state index < -0.39 is 0 Å². The Balaban J connectivity index is 1.46. The van der Waals surface area contributed by atoms with Crippen LogP contribution in [0.3, 0.4) is 0 Å². The SMILES string of the molecule is CCc1nnc2sc(-c3ccc(C)c(NC(=S)NC(=O)Cc4ccc(Cl)cc4)c3)nn12. The molecule has 1 amide bonds. The maximum Gasteiger partial charge on any atom is 0.234 e. The highest BCUT2D eigenvalue weighted by atomic mass is 35.5. The number of halogens is 1. The van der Waals surface area contributed by atoms with Crippen molar-refractivity contribution in [1.82, 2.24) is 25.1 Å². The van der Waals surface area contributed by atoms with E-state index in [2.05, 4.69) is 25.9 Å². The number of nitrogens with one attached hydrogen (secondary N) is 2. The summed E-state index contributed by atoms with van der Waals surface area (Å²) in [7, 11) is 0. The summed E-state index contributed by atoms with van der Waals surface area (Å²) in [5.41, 5.74) is 3.59. The molecule has 0 atom stereocenters. The Bertz CT molecular complexity index is 1260. The largest absolute Gasteiger partial charge is 0.332 e. The van der Waals surface area contributed by atoms with Crippen molar-refractivity contribution in [2.45, 2.75) is 26.7 Å². The third-order valence-corrected chi connectivity index (χ3v) is 6.04. The number of rotatable bonds is 5. The fraction of sp³-hybridized carbons (Fsp3) is 0.190.